The van der Waals surface area contributed by atoms with E-state index in [1.165, 1.54) is 0 Å². The van der Waals surface area contributed by atoms with Gasteiger partial charge in [0.05, 0.1) is 17.4 Å². The van der Waals surface area contributed by atoms with E-state index in [-0.39, 0.29) is 17.8 Å². The predicted octanol–water partition coefficient (Wildman–Crippen LogP) is 1.34. The summed E-state index contributed by atoms with van der Waals surface area (Å²) in [7, 11) is 2.02. The third kappa shape index (κ3) is 4.07. The molecule has 138 valence electrons. The van der Waals surface area contributed by atoms with E-state index in [4.69, 9.17) is 5.26 Å². The number of rotatable bonds is 4. The fraction of sp³-hybridized carbons (Fsp3) is 0.250. The molecule has 1 atom stereocenters. The van der Waals surface area contributed by atoms with Crippen molar-refractivity contribution in [1.29, 1.82) is 5.26 Å². The molecule has 7 heteroatoms. The van der Waals surface area contributed by atoms with Crippen molar-refractivity contribution in [3.8, 4) is 6.07 Å². The lowest BCUT2D eigenvalue weighted by Crippen LogP contribution is -2.37. The summed E-state index contributed by atoms with van der Waals surface area (Å²) < 4.78 is 0. The predicted molar refractivity (Wildman–Crippen MR) is 101 cm³/mol. The quantitative estimate of drug-likeness (QED) is 0.710. The zero-order valence-electron chi connectivity index (χ0n) is 14.9. The maximum atomic E-state index is 12.0. The van der Waals surface area contributed by atoms with Crippen molar-refractivity contribution in [3.63, 3.8) is 0 Å². The van der Waals surface area contributed by atoms with Crippen molar-refractivity contribution in [2.24, 2.45) is 0 Å². The Labute approximate surface area is 157 Å². The number of benzene rings is 2. The Balaban J connectivity index is 1.57. The van der Waals surface area contributed by atoms with Gasteiger partial charge in [-0.3, -0.25) is 9.59 Å². The van der Waals surface area contributed by atoms with Crippen LogP contribution in [0.3, 0.4) is 0 Å². The maximum Gasteiger partial charge on any atom is 0.313 e. The Bertz CT molecular complexity index is 920. The molecule has 3 rings (SSSR count). The monoisotopic (exact) mass is 364 g/mol. The van der Waals surface area contributed by atoms with Crippen LogP contribution >= 0.6 is 0 Å². The van der Waals surface area contributed by atoms with Crippen LogP contribution in [0.15, 0.2) is 42.5 Å². The Morgan fingerprint density at radius 3 is 2.81 bits per heavy atom. The molecule has 0 aliphatic carbocycles. The first-order valence-corrected chi connectivity index (χ1v) is 8.60. The Morgan fingerprint density at radius 2 is 2.04 bits per heavy atom. The Morgan fingerprint density at radius 1 is 1.26 bits per heavy atom. The van der Waals surface area contributed by atoms with Gasteiger partial charge >= 0.3 is 11.8 Å². The van der Waals surface area contributed by atoms with Crippen LogP contribution in [0, 0.1) is 11.3 Å². The maximum absolute atomic E-state index is 12.0. The number of amides is 2. The van der Waals surface area contributed by atoms with Gasteiger partial charge in [-0.2, -0.15) is 5.26 Å². The van der Waals surface area contributed by atoms with Crippen LogP contribution in [-0.2, 0) is 16.0 Å². The normalized spacial score (nSPS) is 13.4. The van der Waals surface area contributed by atoms with Crippen molar-refractivity contribution >= 4 is 23.2 Å². The Kier molecular flexibility index (Phi) is 5.38. The summed E-state index contributed by atoms with van der Waals surface area (Å²) in [6.45, 7) is 0.858. The summed E-state index contributed by atoms with van der Waals surface area (Å²) in [6, 6.07) is 14.1. The van der Waals surface area contributed by atoms with E-state index in [2.05, 4.69) is 15.5 Å². The minimum absolute atomic E-state index is 0.0826. The third-order valence-electron chi connectivity index (χ3n) is 4.57. The zero-order valence-corrected chi connectivity index (χ0v) is 14.9. The number of nitrogens with one attached hydrogen (secondary N) is 2. The van der Waals surface area contributed by atoms with Crippen molar-refractivity contribution in [3.05, 3.63) is 59.2 Å². The van der Waals surface area contributed by atoms with Gasteiger partial charge in [0.2, 0.25) is 0 Å². The van der Waals surface area contributed by atoms with Crippen LogP contribution in [0.5, 0.6) is 0 Å². The fourth-order valence-corrected chi connectivity index (χ4v) is 3.05. The molecule has 2 aromatic carbocycles. The van der Waals surface area contributed by atoms with E-state index in [1.54, 1.807) is 24.3 Å². The molecule has 0 spiro atoms. The first-order chi connectivity index (χ1) is 13.0. The van der Waals surface area contributed by atoms with Crippen molar-refractivity contribution in [2.75, 3.05) is 30.4 Å². The van der Waals surface area contributed by atoms with Crippen LogP contribution in [0.4, 0.5) is 11.4 Å². The molecular formula is C20H20N4O3. The van der Waals surface area contributed by atoms with Crippen molar-refractivity contribution in [1.82, 2.24) is 5.32 Å². The van der Waals surface area contributed by atoms with Gasteiger partial charge in [0.1, 0.15) is 6.07 Å². The van der Waals surface area contributed by atoms with E-state index in [0.717, 1.165) is 24.2 Å². The van der Waals surface area contributed by atoms with Crippen molar-refractivity contribution in [2.45, 2.75) is 12.5 Å². The van der Waals surface area contributed by atoms with E-state index in [9.17, 15) is 14.7 Å². The molecule has 0 saturated carbocycles. The lowest BCUT2D eigenvalue weighted by Gasteiger charge is -2.15. The topological polar surface area (TPSA) is 105 Å². The average Bonchev–Trinajstić information content (AvgIpc) is 3.06. The minimum atomic E-state index is -0.913. The average molecular weight is 364 g/mol. The number of para-hydroxylation sites is 1. The molecule has 1 aliphatic heterocycles. The van der Waals surface area contributed by atoms with Crippen LogP contribution < -0.4 is 15.5 Å². The second-order valence-corrected chi connectivity index (χ2v) is 6.40. The van der Waals surface area contributed by atoms with Crippen LogP contribution in [-0.4, -0.2) is 37.1 Å². The number of hydrogen-bond donors (Lipinski definition) is 3. The summed E-state index contributed by atoms with van der Waals surface area (Å²) in [5.74, 6) is -1.76. The van der Waals surface area contributed by atoms with Gasteiger partial charge in [0, 0.05) is 25.8 Å². The molecule has 0 radical (unpaired) electrons. The van der Waals surface area contributed by atoms with Gasteiger partial charge in [0.25, 0.3) is 0 Å². The number of likely N-dealkylation sites (N-methyl/N-ethyl adjacent to an activating group) is 1. The number of nitriles is 1. The van der Waals surface area contributed by atoms with Gasteiger partial charge in [-0.15, -0.1) is 0 Å². The van der Waals surface area contributed by atoms with Crippen LogP contribution in [0.1, 0.15) is 22.8 Å². The molecule has 3 N–H and O–H groups in total. The van der Waals surface area contributed by atoms with Gasteiger partial charge in [-0.05, 0) is 35.7 Å². The number of aliphatic hydroxyl groups excluding tert-OH is 1. The highest BCUT2D eigenvalue weighted by atomic mass is 16.3. The molecule has 0 aromatic heterocycles. The summed E-state index contributed by atoms with van der Waals surface area (Å²) in [4.78, 5) is 26.1. The largest absolute Gasteiger partial charge is 0.387 e. The molecule has 1 unspecified atom stereocenters. The SMILES string of the molecule is CN1CCc2cc(C(O)CNC(=O)C(=O)Nc3ccccc3C#N)ccc21. The molecule has 2 aromatic rings. The molecular weight excluding hydrogens is 344 g/mol. The summed E-state index contributed by atoms with van der Waals surface area (Å²) >= 11 is 0. The van der Waals surface area contributed by atoms with E-state index in [0.29, 0.717) is 5.56 Å². The number of fused-ring (bicyclic) bond motifs is 1. The van der Waals surface area contributed by atoms with Crippen LogP contribution in [0.2, 0.25) is 0 Å². The third-order valence-corrected chi connectivity index (χ3v) is 4.57. The number of carbonyl (C=O) groups excluding carboxylic acids is 2. The van der Waals surface area contributed by atoms with E-state index in [1.807, 2.05) is 31.3 Å². The molecule has 1 aliphatic rings. The standard InChI is InChI=1S/C20H20N4O3/c1-24-9-8-13-10-14(6-7-17(13)24)18(25)12-22-19(26)20(27)23-16-5-3-2-4-15(16)11-21/h2-7,10,18,25H,8-9,12H2,1H3,(H,22,26)(H,23,27). The number of anilines is 2. The lowest BCUT2D eigenvalue weighted by molar-refractivity contribution is -0.136. The highest BCUT2D eigenvalue weighted by Gasteiger charge is 2.20. The van der Waals surface area contributed by atoms with Gasteiger partial charge in [-0.1, -0.05) is 24.3 Å². The molecule has 0 fully saturated rings. The van der Waals surface area contributed by atoms with Crippen molar-refractivity contribution < 1.29 is 14.7 Å². The second-order valence-electron chi connectivity index (χ2n) is 6.40. The first-order valence-electron chi connectivity index (χ1n) is 8.60. The molecule has 0 bridgehead atoms. The van der Waals surface area contributed by atoms with Gasteiger partial charge in [0.15, 0.2) is 0 Å². The smallest absolute Gasteiger partial charge is 0.313 e. The minimum Gasteiger partial charge on any atom is -0.387 e. The second kappa shape index (κ2) is 7.89. The summed E-state index contributed by atoms with van der Waals surface area (Å²) in [5.41, 5.74) is 3.53. The zero-order chi connectivity index (χ0) is 19.4. The number of carbonyl (C=O) groups is 2. The van der Waals surface area contributed by atoms with Crippen LogP contribution in [0.25, 0.3) is 0 Å². The highest BCUT2D eigenvalue weighted by molar-refractivity contribution is 6.39. The van der Waals surface area contributed by atoms with E-state index >= 15 is 0 Å². The van der Waals surface area contributed by atoms with E-state index < -0.39 is 17.9 Å². The molecule has 27 heavy (non-hydrogen) atoms. The fourth-order valence-electron chi connectivity index (χ4n) is 3.05. The number of aliphatic hydroxyl groups is 1. The molecule has 1 heterocycles. The lowest BCUT2D eigenvalue weighted by atomic mass is 10.0. The Hall–Kier alpha value is -3.37. The molecule has 7 nitrogen and oxygen atoms in total. The first kappa shape index (κ1) is 18.4. The summed E-state index contributed by atoms with van der Waals surface area (Å²) in [5, 5.41) is 24.2. The number of nitrogens with zero attached hydrogens (tertiary/aromatic N) is 2. The molecule has 2 amide bonds. The summed E-state index contributed by atoms with van der Waals surface area (Å²) in [6.07, 6.45) is 0.00349. The highest BCUT2D eigenvalue weighted by Crippen LogP contribution is 2.29. The molecule has 0 saturated heterocycles. The number of hydrogen-bond acceptors (Lipinski definition) is 5. The van der Waals surface area contributed by atoms with Gasteiger partial charge < -0.3 is 20.6 Å². The van der Waals surface area contributed by atoms with Gasteiger partial charge in [-0.25, -0.2) is 0 Å².